The highest BCUT2D eigenvalue weighted by atomic mass is 32.1. The Morgan fingerprint density at radius 3 is 2.82 bits per heavy atom. The fourth-order valence-corrected chi connectivity index (χ4v) is 2.18. The van der Waals surface area contributed by atoms with E-state index < -0.39 is 0 Å². The van der Waals surface area contributed by atoms with Gasteiger partial charge in [0.15, 0.2) is 11.5 Å². The molecule has 1 heterocycles. The molecule has 0 unspecified atom stereocenters. The van der Waals surface area contributed by atoms with Gasteiger partial charge in [0, 0.05) is 0 Å². The van der Waals surface area contributed by atoms with Crippen LogP contribution >= 0.6 is 11.3 Å². The molecule has 2 rings (SSSR count). The smallest absolute Gasteiger partial charge is 0.266 e. The number of aromatic nitrogens is 1. The van der Waals surface area contributed by atoms with Crippen LogP contribution in [0.4, 0.5) is 0 Å². The van der Waals surface area contributed by atoms with E-state index in [1.807, 2.05) is 0 Å². The molecule has 0 radical (unpaired) electrons. The van der Waals surface area contributed by atoms with Crippen molar-refractivity contribution in [3.63, 3.8) is 0 Å². The number of rotatable bonds is 2. The lowest BCUT2D eigenvalue weighted by molar-refractivity contribution is 0.373. The number of hydrogen-bond acceptors (Lipinski definition) is 4. The predicted molar refractivity (Wildman–Crippen MR) is 67.9 cm³/mol. The third kappa shape index (κ3) is 2.39. The molecule has 0 aliphatic carbocycles. The number of phenolic OH excluding ortho intramolecular Hbond substituents is 1. The summed E-state index contributed by atoms with van der Waals surface area (Å²) in [6.45, 7) is 3.66. The first-order valence-corrected chi connectivity index (χ1v) is 5.68. The van der Waals surface area contributed by atoms with E-state index in [-0.39, 0.29) is 11.3 Å². The normalized spacial score (nSPS) is 11.7. The molecule has 1 aromatic heterocycles. The van der Waals surface area contributed by atoms with E-state index in [1.165, 1.54) is 18.4 Å². The van der Waals surface area contributed by atoms with Gasteiger partial charge in [0.25, 0.3) is 5.56 Å². The van der Waals surface area contributed by atoms with Crippen molar-refractivity contribution in [3.05, 3.63) is 43.3 Å². The zero-order valence-corrected chi connectivity index (χ0v) is 10.0. The minimum Gasteiger partial charge on any atom is -0.504 e. The Hall–Kier alpha value is -2.01. The minimum atomic E-state index is -0.171. The monoisotopic (exact) mass is 249 g/mol. The van der Waals surface area contributed by atoms with E-state index in [0.717, 1.165) is 5.56 Å². The maximum atomic E-state index is 11.4. The molecular formula is C12H11NO3S. The second kappa shape index (κ2) is 4.47. The fraction of sp³-hybridized carbons (Fsp3) is 0.0833. The van der Waals surface area contributed by atoms with Crippen LogP contribution in [0.3, 0.4) is 0 Å². The van der Waals surface area contributed by atoms with Crippen molar-refractivity contribution >= 4 is 24.0 Å². The van der Waals surface area contributed by atoms with Crippen LogP contribution in [-0.4, -0.2) is 17.2 Å². The number of aromatic amines is 1. The SMILES string of the molecule is C=c1[nH]c(=O)/c(=C/c2ccc(OC)c(O)c2)s1. The Bertz CT molecular complexity index is 699. The first kappa shape index (κ1) is 11.5. The largest absolute Gasteiger partial charge is 0.504 e. The van der Waals surface area contributed by atoms with E-state index in [0.29, 0.717) is 14.9 Å². The van der Waals surface area contributed by atoms with Crippen LogP contribution in [-0.2, 0) is 0 Å². The highest BCUT2D eigenvalue weighted by Crippen LogP contribution is 2.26. The van der Waals surface area contributed by atoms with Crippen LogP contribution in [0, 0.1) is 0 Å². The Morgan fingerprint density at radius 2 is 2.29 bits per heavy atom. The number of hydrogen-bond donors (Lipinski definition) is 2. The Kier molecular flexibility index (Phi) is 3.01. The molecule has 2 aromatic rings. The Balaban J connectivity index is 2.53. The Morgan fingerprint density at radius 1 is 1.53 bits per heavy atom. The van der Waals surface area contributed by atoms with Crippen molar-refractivity contribution in [2.45, 2.75) is 0 Å². The lowest BCUT2D eigenvalue weighted by atomic mass is 10.2. The molecule has 0 aliphatic heterocycles. The van der Waals surface area contributed by atoms with Crippen LogP contribution in [0.2, 0.25) is 0 Å². The molecule has 0 saturated carbocycles. The summed E-state index contributed by atoms with van der Waals surface area (Å²) in [6, 6.07) is 4.95. The molecule has 17 heavy (non-hydrogen) atoms. The first-order chi connectivity index (χ1) is 8.10. The average molecular weight is 249 g/mol. The summed E-state index contributed by atoms with van der Waals surface area (Å²) in [4.78, 5) is 14.0. The summed E-state index contributed by atoms with van der Waals surface area (Å²) in [5.74, 6) is 0.448. The minimum absolute atomic E-state index is 0.0454. The topological polar surface area (TPSA) is 62.3 Å². The molecular weight excluding hydrogens is 238 g/mol. The molecule has 2 N–H and O–H groups in total. The van der Waals surface area contributed by atoms with Crippen molar-refractivity contribution in [3.8, 4) is 11.5 Å². The highest BCUT2D eigenvalue weighted by molar-refractivity contribution is 7.07. The van der Waals surface area contributed by atoms with Crippen molar-refractivity contribution < 1.29 is 9.84 Å². The van der Waals surface area contributed by atoms with Crippen molar-refractivity contribution in [1.29, 1.82) is 0 Å². The molecule has 0 fully saturated rings. The number of H-pyrrole nitrogens is 1. The second-order valence-corrected chi connectivity index (χ2v) is 4.56. The van der Waals surface area contributed by atoms with Gasteiger partial charge in [-0.2, -0.15) is 0 Å². The molecule has 1 aromatic carbocycles. The molecule has 0 atom stereocenters. The van der Waals surface area contributed by atoms with Crippen LogP contribution in [0.1, 0.15) is 5.56 Å². The molecule has 0 amide bonds. The zero-order chi connectivity index (χ0) is 12.4. The van der Waals surface area contributed by atoms with Gasteiger partial charge in [-0.05, 0) is 23.8 Å². The molecule has 0 spiro atoms. The zero-order valence-electron chi connectivity index (χ0n) is 9.19. The van der Waals surface area contributed by atoms with Gasteiger partial charge in [-0.25, -0.2) is 0 Å². The van der Waals surface area contributed by atoms with Crippen LogP contribution in [0.25, 0.3) is 12.7 Å². The number of phenols is 1. The lowest BCUT2D eigenvalue weighted by Gasteiger charge is -2.02. The predicted octanol–water partition coefficient (Wildman–Crippen LogP) is 0.390. The molecule has 88 valence electrons. The van der Waals surface area contributed by atoms with Gasteiger partial charge in [-0.15, -0.1) is 11.3 Å². The van der Waals surface area contributed by atoms with Gasteiger partial charge >= 0.3 is 0 Å². The highest BCUT2D eigenvalue weighted by Gasteiger charge is 2.01. The fourth-order valence-electron chi connectivity index (χ4n) is 1.44. The van der Waals surface area contributed by atoms with Crippen LogP contribution < -0.4 is 19.5 Å². The molecule has 0 saturated heterocycles. The van der Waals surface area contributed by atoms with E-state index in [2.05, 4.69) is 11.6 Å². The third-order valence-electron chi connectivity index (χ3n) is 2.21. The summed E-state index contributed by atoms with van der Waals surface area (Å²) in [6.07, 6.45) is 1.69. The summed E-state index contributed by atoms with van der Waals surface area (Å²) >= 11 is 1.28. The van der Waals surface area contributed by atoms with Crippen molar-refractivity contribution in [2.75, 3.05) is 7.11 Å². The Labute approximate surface area is 101 Å². The average Bonchev–Trinajstić information content (AvgIpc) is 2.58. The number of benzene rings is 1. The summed E-state index contributed by atoms with van der Waals surface area (Å²) in [5.41, 5.74) is 0.561. The van der Waals surface area contributed by atoms with Gasteiger partial charge in [-0.1, -0.05) is 12.6 Å². The van der Waals surface area contributed by atoms with Gasteiger partial charge in [0.05, 0.1) is 16.3 Å². The van der Waals surface area contributed by atoms with E-state index in [4.69, 9.17) is 4.74 Å². The number of ether oxygens (including phenoxy) is 1. The van der Waals surface area contributed by atoms with Gasteiger partial charge < -0.3 is 14.8 Å². The quantitative estimate of drug-likeness (QED) is 0.809. The molecule has 4 nitrogen and oxygen atoms in total. The summed E-state index contributed by atoms with van der Waals surface area (Å²) in [5, 5.41) is 9.60. The maximum absolute atomic E-state index is 11.4. The molecule has 0 bridgehead atoms. The van der Waals surface area contributed by atoms with Crippen molar-refractivity contribution in [1.82, 2.24) is 4.98 Å². The summed E-state index contributed by atoms with van der Waals surface area (Å²) in [7, 11) is 1.48. The van der Waals surface area contributed by atoms with Gasteiger partial charge in [0.1, 0.15) is 0 Å². The number of methoxy groups -OCH3 is 1. The van der Waals surface area contributed by atoms with E-state index in [1.54, 1.807) is 24.3 Å². The van der Waals surface area contributed by atoms with Crippen molar-refractivity contribution in [2.24, 2.45) is 0 Å². The summed E-state index contributed by atoms with van der Waals surface area (Å²) < 4.78 is 6.10. The van der Waals surface area contributed by atoms with E-state index >= 15 is 0 Å². The standard InChI is InChI=1S/C12H11NO3S/c1-7-13-12(15)11(17-7)6-8-3-4-10(16-2)9(14)5-8/h3-6,14H,1H2,2H3,(H,13,15)/b11-6-. The maximum Gasteiger partial charge on any atom is 0.266 e. The molecule has 0 aliphatic rings. The second-order valence-electron chi connectivity index (χ2n) is 3.42. The van der Waals surface area contributed by atoms with Gasteiger partial charge in [0.2, 0.25) is 0 Å². The third-order valence-corrected chi connectivity index (χ3v) is 3.08. The lowest BCUT2D eigenvalue weighted by Crippen LogP contribution is -2.19. The molecule has 5 heteroatoms. The number of aromatic hydroxyl groups is 1. The number of thiazole rings is 1. The number of nitrogens with one attached hydrogen (secondary N) is 1. The van der Waals surface area contributed by atoms with Gasteiger partial charge in [-0.3, -0.25) is 4.79 Å². The van der Waals surface area contributed by atoms with E-state index in [9.17, 15) is 9.90 Å². The first-order valence-electron chi connectivity index (χ1n) is 4.87. The van der Waals surface area contributed by atoms with Crippen LogP contribution in [0.15, 0.2) is 23.0 Å². The van der Waals surface area contributed by atoms with Crippen LogP contribution in [0.5, 0.6) is 11.5 Å².